The predicted octanol–water partition coefficient (Wildman–Crippen LogP) is 14.3. The molecule has 6 atom stereocenters. The van der Waals surface area contributed by atoms with Crippen LogP contribution in [0.5, 0.6) is 0 Å². The fourth-order valence-corrected chi connectivity index (χ4v) is 15.7. The third-order valence-electron chi connectivity index (χ3n) is 20.1. The largest absolute Gasteiger partial charge is 0.460 e. The number of nitrogens with two attached hydrogens (primary N) is 2. The molecule has 3 aliphatic carbocycles. The molecule has 15 rings (SSSR count). The van der Waals surface area contributed by atoms with Crippen molar-refractivity contribution in [1.29, 1.82) is 0 Å². The number of benzene rings is 3. The number of ether oxygens (including phenoxy) is 1. The highest BCUT2D eigenvalue weighted by atomic mass is 32.1. The number of carbonyl (C=O) groups is 7. The summed E-state index contributed by atoms with van der Waals surface area (Å²) in [6, 6.07) is 18.0. The number of piperidine rings is 3. The molecule has 9 heterocycles. The molecule has 31 heteroatoms. The summed E-state index contributed by atoms with van der Waals surface area (Å²) in [5.74, 6) is -16.2. The lowest BCUT2D eigenvalue weighted by atomic mass is 9.86. The first-order valence-electron chi connectivity index (χ1n) is 35.0. The zero-order valence-corrected chi connectivity index (χ0v) is 61.2. The molecule has 7 N–H and O–H groups in total. The summed E-state index contributed by atoms with van der Waals surface area (Å²) in [6.07, 6.45) is 8.39. The zero-order chi connectivity index (χ0) is 75.5. The lowest BCUT2D eigenvalue weighted by molar-refractivity contribution is -0.159. The second kappa shape index (κ2) is 29.5. The van der Waals surface area contributed by atoms with Crippen molar-refractivity contribution in [3.05, 3.63) is 147 Å². The van der Waals surface area contributed by atoms with Gasteiger partial charge in [0.15, 0.2) is 0 Å². The van der Waals surface area contributed by atoms with E-state index in [2.05, 4.69) is 45.9 Å². The maximum Gasteiger partial charge on any atom is 0.313 e. The Hall–Kier alpha value is -9.75. The molecule has 0 unspecified atom stereocenters. The van der Waals surface area contributed by atoms with Crippen molar-refractivity contribution in [3.8, 4) is 0 Å². The fraction of sp³-hybridized carbons (Fsp3) is 0.427. The minimum Gasteiger partial charge on any atom is -0.460 e. The van der Waals surface area contributed by atoms with Gasteiger partial charge in [-0.3, -0.25) is 38.5 Å². The molecule has 0 radical (unpaired) electrons. The molecular formula is C75H78F6N14O8S3. The van der Waals surface area contributed by atoms with Crippen LogP contribution in [0.3, 0.4) is 0 Å². The first-order valence-corrected chi connectivity index (χ1v) is 37.6. The SMILES string of the molecule is C[C@@H]1CN(C(=O)C(=O)Nc2cnc(CC(=O)OC(C)(C)C)c(C3CC3)c2)[C@@H](c2ccc3scnc3c2)CC1(F)F.C[C@@H]1CN(C(=O)C(=O)Nc2cnc(N)c(C3CC3)c2)[C@@H](c2ccc3scnc3c2)CC1(F)F.C[C@H]1CN(C(=O)C(=O)Nc2cnc(N)c(C3CC3)c2)[C@H](c2ccc3scnc3c2)CC1(F)F. The number of thiazole rings is 3. The van der Waals surface area contributed by atoms with Crippen LogP contribution in [0.4, 0.5) is 55.0 Å². The van der Waals surface area contributed by atoms with Crippen LogP contribution in [0, 0.1) is 17.8 Å². The van der Waals surface area contributed by atoms with Crippen LogP contribution in [-0.4, -0.2) is 129 Å². The molecule has 0 spiro atoms. The van der Waals surface area contributed by atoms with E-state index in [1.807, 2.05) is 0 Å². The van der Waals surface area contributed by atoms with Crippen molar-refractivity contribution >= 4 is 135 Å². The van der Waals surface area contributed by atoms with E-state index in [1.54, 1.807) is 110 Å². The summed E-state index contributed by atoms with van der Waals surface area (Å²) in [4.78, 5) is 120. The number of aromatic nitrogens is 6. The Kier molecular flexibility index (Phi) is 20.8. The van der Waals surface area contributed by atoms with E-state index >= 15 is 0 Å². The number of likely N-dealkylation sites (tertiary alicyclic amines) is 3. The lowest BCUT2D eigenvalue weighted by Gasteiger charge is -2.42. The number of esters is 1. The van der Waals surface area contributed by atoms with Crippen LogP contribution in [0.25, 0.3) is 30.6 Å². The number of amides is 6. The van der Waals surface area contributed by atoms with E-state index in [4.69, 9.17) is 16.2 Å². The first kappa shape index (κ1) is 74.5. The van der Waals surface area contributed by atoms with Crippen LogP contribution in [0.15, 0.2) is 108 Å². The number of nitrogens with zero attached hydrogens (tertiary/aromatic N) is 9. The molecule has 3 saturated carbocycles. The summed E-state index contributed by atoms with van der Waals surface area (Å²) in [5, 5.41) is 7.76. The maximum atomic E-state index is 14.8. The lowest BCUT2D eigenvalue weighted by Crippen LogP contribution is -2.52. The number of rotatable bonds is 11. The quantitative estimate of drug-likeness (QED) is 0.0457. The van der Waals surface area contributed by atoms with Gasteiger partial charge in [-0.05, 0) is 165 Å². The Morgan fingerprint density at radius 1 is 0.472 bits per heavy atom. The summed E-state index contributed by atoms with van der Waals surface area (Å²) in [6.45, 7) is 8.82. The van der Waals surface area contributed by atoms with E-state index in [1.165, 1.54) is 88.1 Å². The van der Waals surface area contributed by atoms with Gasteiger partial charge >= 0.3 is 41.4 Å². The molecule has 3 aromatic carbocycles. The van der Waals surface area contributed by atoms with E-state index in [0.717, 1.165) is 69.3 Å². The van der Waals surface area contributed by atoms with Gasteiger partial charge in [0, 0.05) is 56.7 Å². The van der Waals surface area contributed by atoms with Gasteiger partial charge in [0.1, 0.15) is 17.2 Å². The third kappa shape index (κ3) is 16.7. The van der Waals surface area contributed by atoms with Crippen molar-refractivity contribution < 1.29 is 64.6 Å². The number of nitrogens with one attached hydrogen (secondary N) is 3. The number of halogens is 6. The van der Waals surface area contributed by atoms with Crippen molar-refractivity contribution in [2.45, 2.75) is 165 Å². The van der Waals surface area contributed by atoms with Gasteiger partial charge in [0.25, 0.3) is 17.8 Å². The molecule has 0 bridgehead atoms. The van der Waals surface area contributed by atoms with Crippen molar-refractivity contribution in [1.82, 2.24) is 44.6 Å². The number of anilines is 5. The average Bonchev–Trinajstić information content (AvgIpc) is 1.68. The van der Waals surface area contributed by atoms with Crippen LogP contribution in [-0.2, 0) is 44.7 Å². The van der Waals surface area contributed by atoms with Crippen molar-refractivity contribution in [2.75, 3.05) is 47.1 Å². The topological polar surface area (TPSA) is 304 Å². The summed E-state index contributed by atoms with van der Waals surface area (Å²) in [5.41, 5.74) is 24.0. The standard InChI is InChI=1S/C29H32F2N4O4S.2C23H23F2N5O2S/c1-16-14-35(23(12-29(16,30)31)18-7-8-24-22(9-18)33-15-40-24)27(38)26(37)34-19-10-20(17-5-6-17)21(32-13-19)11-25(36)39-28(2,3)4;2*1-12-10-30(18(8-23(12,24)25)14-4-5-19-17(6-14)28-11-33-19)22(32)21(31)29-15-7-16(13-2-3-13)20(26)27-9-15/h7-10,13,15-17,23H,5-6,11-12,14H2,1-4H3,(H,34,37);2*4-7,9,11-13,18H,2-3,8,10H2,1H3,(H2,26,27)(H,29,31)/t16-,23-;2*12-,18-/m110/s1. The molecule has 6 aromatic heterocycles. The molecule has 6 amide bonds. The Bertz CT molecular complexity index is 4710. The molecular weight excluding hydrogens is 1440 g/mol. The minimum atomic E-state index is -3.00. The van der Waals surface area contributed by atoms with Gasteiger partial charge in [-0.1, -0.05) is 39.0 Å². The fourth-order valence-electron chi connectivity index (χ4n) is 13.7. The van der Waals surface area contributed by atoms with Crippen LogP contribution < -0.4 is 27.4 Å². The Morgan fingerprint density at radius 2 is 0.783 bits per heavy atom. The minimum absolute atomic E-state index is 0.00114. The van der Waals surface area contributed by atoms with Crippen LogP contribution >= 0.6 is 34.0 Å². The second-order valence-corrected chi connectivity index (χ2v) is 32.0. The highest BCUT2D eigenvalue weighted by Gasteiger charge is 2.52. The van der Waals surface area contributed by atoms with E-state index < -0.39 is 120 Å². The number of carbonyl (C=O) groups excluding carboxylic acids is 7. The predicted molar refractivity (Wildman–Crippen MR) is 391 cm³/mol. The smallest absolute Gasteiger partial charge is 0.313 e. The third-order valence-corrected chi connectivity index (χ3v) is 22.6. The number of pyridine rings is 3. The molecule has 6 fully saturated rings. The van der Waals surface area contributed by atoms with Gasteiger partial charge < -0.3 is 46.9 Å². The van der Waals surface area contributed by atoms with E-state index in [9.17, 15) is 59.9 Å². The summed E-state index contributed by atoms with van der Waals surface area (Å²) in [7, 11) is 0. The van der Waals surface area contributed by atoms with Gasteiger partial charge in [0.05, 0.1) is 113 Å². The zero-order valence-electron chi connectivity index (χ0n) is 58.7. The van der Waals surface area contributed by atoms with Crippen LogP contribution in [0.1, 0.15) is 174 Å². The number of hydrogen-bond donors (Lipinski definition) is 5. The normalized spacial score (nSPS) is 21.8. The highest BCUT2D eigenvalue weighted by Crippen LogP contribution is 2.49. The molecule has 6 aliphatic rings. The van der Waals surface area contributed by atoms with Crippen molar-refractivity contribution in [2.24, 2.45) is 17.8 Å². The monoisotopic (exact) mass is 1510 g/mol. The molecule has 556 valence electrons. The first-order chi connectivity index (χ1) is 50.3. The molecule has 3 saturated heterocycles. The van der Waals surface area contributed by atoms with Gasteiger partial charge in [0.2, 0.25) is 0 Å². The molecule has 22 nitrogen and oxygen atoms in total. The van der Waals surface area contributed by atoms with E-state index in [-0.39, 0.29) is 32.0 Å². The van der Waals surface area contributed by atoms with Gasteiger partial charge in [-0.25, -0.2) is 51.3 Å². The number of hydrogen-bond acceptors (Lipinski definition) is 19. The molecule has 9 aromatic rings. The summed E-state index contributed by atoms with van der Waals surface area (Å²) < 4.78 is 96.5. The number of fused-ring (bicyclic) bond motifs is 3. The molecule has 3 aliphatic heterocycles. The number of nitrogen functional groups attached to an aromatic ring is 2. The number of alkyl halides is 6. The van der Waals surface area contributed by atoms with Gasteiger partial charge in [-0.2, -0.15) is 0 Å². The Balaban J connectivity index is 0.000000142. The highest BCUT2D eigenvalue weighted by molar-refractivity contribution is 7.17. The molecule has 106 heavy (non-hydrogen) atoms. The van der Waals surface area contributed by atoms with Gasteiger partial charge in [-0.15, -0.1) is 34.0 Å². The Morgan fingerprint density at radius 3 is 1.10 bits per heavy atom. The van der Waals surface area contributed by atoms with E-state index in [0.29, 0.717) is 79.5 Å². The summed E-state index contributed by atoms with van der Waals surface area (Å²) >= 11 is 4.33. The maximum absolute atomic E-state index is 14.8. The second-order valence-electron chi connectivity index (χ2n) is 29.4. The average molecular weight is 1510 g/mol. The van der Waals surface area contributed by atoms with Crippen molar-refractivity contribution in [3.63, 3.8) is 0 Å². The Labute approximate surface area is 617 Å². The van der Waals surface area contributed by atoms with Crippen LogP contribution in [0.2, 0.25) is 0 Å².